The Morgan fingerprint density at radius 1 is 1.41 bits per heavy atom. The molecule has 1 amide bonds. The summed E-state index contributed by atoms with van der Waals surface area (Å²) in [6.45, 7) is 1.92. The fourth-order valence-corrected chi connectivity index (χ4v) is 2.48. The highest BCUT2D eigenvalue weighted by Gasteiger charge is 2.10. The molecule has 2 rings (SSSR count). The summed E-state index contributed by atoms with van der Waals surface area (Å²) in [6, 6.07) is 7.27. The first-order valence-corrected chi connectivity index (χ1v) is 6.65. The zero-order chi connectivity index (χ0) is 12.4. The van der Waals surface area contributed by atoms with E-state index in [2.05, 4.69) is 21.2 Å². The second-order valence-electron chi connectivity index (χ2n) is 3.62. The third kappa shape index (κ3) is 2.68. The molecule has 1 aromatic carbocycles. The molecule has 3 nitrogen and oxygen atoms in total. The van der Waals surface area contributed by atoms with Gasteiger partial charge in [-0.05, 0) is 58.1 Å². The van der Waals surface area contributed by atoms with Crippen LogP contribution in [0.5, 0.6) is 0 Å². The molecule has 0 saturated heterocycles. The van der Waals surface area contributed by atoms with Crippen molar-refractivity contribution >= 4 is 44.5 Å². The van der Waals surface area contributed by atoms with Crippen molar-refractivity contribution in [3.05, 3.63) is 44.6 Å². The number of thiophene rings is 1. The Morgan fingerprint density at radius 2 is 2.18 bits per heavy atom. The highest BCUT2D eigenvalue weighted by atomic mass is 79.9. The van der Waals surface area contributed by atoms with Crippen molar-refractivity contribution < 1.29 is 4.79 Å². The molecule has 88 valence electrons. The zero-order valence-corrected chi connectivity index (χ0v) is 11.6. The van der Waals surface area contributed by atoms with Crippen LogP contribution < -0.4 is 11.1 Å². The molecule has 0 fully saturated rings. The largest absolute Gasteiger partial charge is 0.398 e. The number of benzene rings is 1. The van der Waals surface area contributed by atoms with Crippen molar-refractivity contribution in [2.75, 3.05) is 11.1 Å². The van der Waals surface area contributed by atoms with E-state index in [1.54, 1.807) is 12.1 Å². The van der Waals surface area contributed by atoms with E-state index in [-0.39, 0.29) is 5.91 Å². The maximum atomic E-state index is 11.9. The molecular formula is C12H11BrN2OS. The minimum absolute atomic E-state index is 0.0979. The van der Waals surface area contributed by atoms with Crippen LogP contribution in [0.25, 0.3) is 0 Å². The Balaban J connectivity index is 2.19. The minimum atomic E-state index is -0.0979. The van der Waals surface area contributed by atoms with E-state index in [9.17, 15) is 4.79 Å². The second-order valence-corrected chi connectivity index (χ2v) is 5.39. The predicted octanol–water partition coefficient (Wildman–Crippen LogP) is 3.65. The van der Waals surface area contributed by atoms with Gasteiger partial charge in [-0.3, -0.25) is 4.79 Å². The first kappa shape index (κ1) is 12.1. The smallest absolute Gasteiger partial charge is 0.265 e. The van der Waals surface area contributed by atoms with Crippen LogP contribution in [0.3, 0.4) is 0 Å². The normalized spacial score (nSPS) is 10.2. The molecule has 0 saturated carbocycles. The molecule has 3 N–H and O–H groups in total. The number of aryl methyl sites for hydroxylation is 1. The molecule has 1 aromatic heterocycles. The monoisotopic (exact) mass is 310 g/mol. The molecule has 0 spiro atoms. The number of nitrogen functional groups attached to an aromatic ring is 1. The standard InChI is InChI=1S/C12H11BrN2OS/c1-7-4-5-17-11(7)12(16)15-8-2-3-9(13)10(14)6-8/h2-6H,14H2,1H3,(H,15,16). The van der Waals surface area contributed by atoms with Crippen LogP contribution in [0.2, 0.25) is 0 Å². The van der Waals surface area contributed by atoms with Crippen molar-refractivity contribution in [1.29, 1.82) is 0 Å². The van der Waals surface area contributed by atoms with Gasteiger partial charge in [0, 0.05) is 15.8 Å². The van der Waals surface area contributed by atoms with Gasteiger partial charge in [-0.15, -0.1) is 11.3 Å². The maximum Gasteiger partial charge on any atom is 0.265 e. The van der Waals surface area contributed by atoms with Crippen LogP contribution >= 0.6 is 27.3 Å². The Morgan fingerprint density at radius 3 is 2.76 bits per heavy atom. The zero-order valence-electron chi connectivity index (χ0n) is 9.16. The van der Waals surface area contributed by atoms with Crippen LogP contribution in [0.15, 0.2) is 34.1 Å². The molecule has 0 atom stereocenters. The van der Waals surface area contributed by atoms with Crippen molar-refractivity contribution in [1.82, 2.24) is 0 Å². The summed E-state index contributed by atoms with van der Waals surface area (Å²) in [5.41, 5.74) is 8.03. The van der Waals surface area contributed by atoms with E-state index in [0.717, 1.165) is 14.9 Å². The topological polar surface area (TPSA) is 55.1 Å². The lowest BCUT2D eigenvalue weighted by atomic mass is 10.2. The van der Waals surface area contributed by atoms with Gasteiger partial charge in [-0.1, -0.05) is 0 Å². The summed E-state index contributed by atoms with van der Waals surface area (Å²) in [5.74, 6) is -0.0979. The Bertz CT molecular complexity index is 565. The number of carbonyl (C=O) groups excluding carboxylic acids is 1. The lowest BCUT2D eigenvalue weighted by Crippen LogP contribution is -2.11. The van der Waals surface area contributed by atoms with Crippen LogP contribution in [-0.2, 0) is 0 Å². The Hall–Kier alpha value is -1.33. The Kier molecular flexibility index (Phi) is 3.49. The summed E-state index contributed by atoms with van der Waals surface area (Å²) < 4.78 is 0.822. The van der Waals surface area contributed by atoms with Crippen LogP contribution in [0.4, 0.5) is 11.4 Å². The van der Waals surface area contributed by atoms with Gasteiger partial charge in [-0.2, -0.15) is 0 Å². The van der Waals surface area contributed by atoms with Gasteiger partial charge in [0.25, 0.3) is 5.91 Å². The van der Waals surface area contributed by atoms with Gasteiger partial charge in [0.2, 0.25) is 0 Å². The number of hydrogen-bond acceptors (Lipinski definition) is 3. The summed E-state index contributed by atoms with van der Waals surface area (Å²) in [6.07, 6.45) is 0. The summed E-state index contributed by atoms with van der Waals surface area (Å²) in [4.78, 5) is 12.7. The van der Waals surface area contributed by atoms with E-state index in [0.29, 0.717) is 11.4 Å². The first-order valence-electron chi connectivity index (χ1n) is 4.98. The van der Waals surface area contributed by atoms with Gasteiger partial charge in [-0.25, -0.2) is 0 Å². The van der Waals surface area contributed by atoms with Gasteiger partial charge >= 0.3 is 0 Å². The molecular weight excluding hydrogens is 300 g/mol. The van der Waals surface area contributed by atoms with E-state index >= 15 is 0 Å². The van der Waals surface area contributed by atoms with E-state index < -0.39 is 0 Å². The lowest BCUT2D eigenvalue weighted by Gasteiger charge is -2.06. The molecule has 5 heteroatoms. The highest BCUT2D eigenvalue weighted by Crippen LogP contribution is 2.24. The lowest BCUT2D eigenvalue weighted by molar-refractivity contribution is 0.103. The third-order valence-electron chi connectivity index (χ3n) is 2.32. The summed E-state index contributed by atoms with van der Waals surface area (Å²) >= 11 is 4.74. The van der Waals surface area contributed by atoms with Gasteiger partial charge < -0.3 is 11.1 Å². The summed E-state index contributed by atoms with van der Waals surface area (Å²) in [5, 5.41) is 4.73. The van der Waals surface area contributed by atoms with Crippen molar-refractivity contribution in [3.8, 4) is 0 Å². The molecule has 17 heavy (non-hydrogen) atoms. The number of amides is 1. The number of nitrogens with one attached hydrogen (secondary N) is 1. The molecule has 0 bridgehead atoms. The molecule has 0 aliphatic heterocycles. The van der Waals surface area contributed by atoms with Crippen LogP contribution in [0, 0.1) is 6.92 Å². The quantitative estimate of drug-likeness (QED) is 0.832. The molecule has 0 radical (unpaired) electrons. The van der Waals surface area contributed by atoms with Gasteiger partial charge in [0.1, 0.15) is 0 Å². The van der Waals surface area contributed by atoms with Crippen molar-refractivity contribution in [2.45, 2.75) is 6.92 Å². The molecule has 0 aliphatic carbocycles. The molecule has 1 heterocycles. The number of anilines is 2. The van der Waals surface area contributed by atoms with Crippen molar-refractivity contribution in [3.63, 3.8) is 0 Å². The van der Waals surface area contributed by atoms with Crippen molar-refractivity contribution in [2.24, 2.45) is 0 Å². The fraction of sp³-hybridized carbons (Fsp3) is 0.0833. The van der Waals surface area contributed by atoms with E-state index in [4.69, 9.17) is 5.73 Å². The number of rotatable bonds is 2. The van der Waals surface area contributed by atoms with Gasteiger partial charge in [0.05, 0.1) is 4.88 Å². The fourth-order valence-electron chi connectivity index (χ4n) is 1.41. The number of nitrogens with two attached hydrogens (primary N) is 1. The average Bonchev–Trinajstić information content (AvgIpc) is 2.70. The Labute approximate surface area is 112 Å². The number of halogens is 1. The summed E-state index contributed by atoms with van der Waals surface area (Å²) in [7, 11) is 0. The van der Waals surface area contributed by atoms with Crippen LogP contribution in [-0.4, -0.2) is 5.91 Å². The third-order valence-corrected chi connectivity index (χ3v) is 4.06. The van der Waals surface area contributed by atoms with Gasteiger partial charge in [0.15, 0.2) is 0 Å². The minimum Gasteiger partial charge on any atom is -0.398 e. The SMILES string of the molecule is Cc1ccsc1C(=O)Nc1ccc(Br)c(N)c1. The molecule has 0 aliphatic rings. The maximum absolute atomic E-state index is 11.9. The van der Waals surface area contributed by atoms with E-state index in [1.165, 1.54) is 11.3 Å². The predicted molar refractivity (Wildman–Crippen MR) is 75.6 cm³/mol. The van der Waals surface area contributed by atoms with Crippen LogP contribution in [0.1, 0.15) is 15.2 Å². The van der Waals surface area contributed by atoms with E-state index in [1.807, 2.05) is 24.4 Å². The number of carbonyl (C=O) groups is 1. The molecule has 2 aromatic rings. The highest BCUT2D eigenvalue weighted by molar-refractivity contribution is 9.10. The second kappa shape index (κ2) is 4.89. The average molecular weight is 311 g/mol. The first-order chi connectivity index (χ1) is 8.08. The number of hydrogen-bond donors (Lipinski definition) is 2. The molecule has 0 unspecified atom stereocenters.